The third-order valence-electron chi connectivity index (χ3n) is 1.35. The van der Waals surface area contributed by atoms with E-state index >= 15 is 0 Å². The Hall–Kier alpha value is -0.810. The monoisotopic (exact) mass is 265 g/mol. The van der Waals surface area contributed by atoms with Gasteiger partial charge >= 0.3 is 0 Å². The van der Waals surface area contributed by atoms with Crippen LogP contribution in [-0.2, 0) is 0 Å². The Kier molecular flexibility index (Phi) is 3.50. The molecular formula is C7H5BrClNO3. The zero-order chi connectivity index (χ0) is 9.84. The number of rotatable bonds is 3. The Morgan fingerprint density at radius 1 is 1.62 bits per heavy atom. The van der Waals surface area contributed by atoms with Crippen molar-refractivity contribution in [3.63, 3.8) is 0 Å². The van der Waals surface area contributed by atoms with Crippen LogP contribution < -0.4 is 4.74 Å². The van der Waals surface area contributed by atoms with Crippen molar-refractivity contribution in [3.8, 4) is 5.75 Å². The van der Waals surface area contributed by atoms with Crippen molar-refractivity contribution in [1.82, 2.24) is 0 Å². The summed E-state index contributed by atoms with van der Waals surface area (Å²) in [6.45, 7) is 0. The Morgan fingerprint density at radius 2 is 2.31 bits per heavy atom. The first kappa shape index (κ1) is 10.3. The van der Waals surface area contributed by atoms with Crippen LogP contribution in [0.3, 0.4) is 0 Å². The maximum absolute atomic E-state index is 10.5. The van der Waals surface area contributed by atoms with E-state index in [2.05, 4.69) is 15.9 Å². The van der Waals surface area contributed by atoms with Gasteiger partial charge in [0.25, 0.3) is 5.69 Å². The molecule has 0 saturated carbocycles. The molecule has 0 unspecified atom stereocenters. The zero-order valence-corrected chi connectivity index (χ0v) is 8.71. The van der Waals surface area contributed by atoms with Gasteiger partial charge in [-0.2, -0.15) is 0 Å². The van der Waals surface area contributed by atoms with Gasteiger partial charge in [-0.1, -0.05) is 17.7 Å². The summed E-state index contributed by atoms with van der Waals surface area (Å²) in [6, 6.07) is 4.47. The van der Waals surface area contributed by atoms with Crippen LogP contribution >= 0.6 is 27.5 Å². The average Bonchev–Trinajstić information content (AvgIpc) is 2.08. The number of nitro benzene ring substituents is 1. The number of nitrogens with zero attached hydrogens (tertiary/aromatic N) is 1. The summed E-state index contributed by atoms with van der Waals surface area (Å²) >= 11 is 8.38. The van der Waals surface area contributed by atoms with E-state index in [9.17, 15) is 10.1 Å². The van der Waals surface area contributed by atoms with E-state index in [0.717, 1.165) is 0 Å². The number of ether oxygens (including phenoxy) is 1. The molecule has 0 aliphatic rings. The largest absolute Gasteiger partial charge is 0.476 e. The molecular weight excluding hydrogens is 261 g/mol. The molecule has 6 heteroatoms. The number of alkyl halides is 1. The number of hydrogen-bond acceptors (Lipinski definition) is 3. The summed E-state index contributed by atoms with van der Waals surface area (Å²) in [5.74, 6) is 0.365. The highest BCUT2D eigenvalue weighted by Crippen LogP contribution is 2.33. The topological polar surface area (TPSA) is 52.4 Å². The SMILES string of the molecule is O=[N+]([O-])c1cccc(OCCl)c1Br. The average molecular weight is 266 g/mol. The fraction of sp³-hybridized carbons (Fsp3) is 0.143. The second-order valence-corrected chi connectivity index (χ2v) is 3.11. The maximum atomic E-state index is 10.5. The smallest absolute Gasteiger partial charge is 0.287 e. The minimum absolute atomic E-state index is 0.0392. The van der Waals surface area contributed by atoms with Gasteiger partial charge in [-0.3, -0.25) is 10.1 Å². The summed E-state index contributed by atoms with van der Waals surface area (Å²) in [7, 11) is 0. The molecule has 0 aromatic heterocycles. The second-order valence-electron chi connectivity index (χ2n) is 2.10. The number of halogens is 2. The fourth-order valence-electron chi connectivity index (χ4n) is 0.810. The molecule has 0 radical (unpaired) electrons. The van der Waals surface area contributed by atoms with Gasteiger partial charge in [-0.05, 0) is 22.0 Å². The van der Waals surface area contributed by atoms with E-state index in [1.54, 1.807) is 6.07 Å². The van der Waals surface area contributed by atoms with Crippen LogP contribution in [0.1, 0.15) is 0 Å². The molecule has 0 atom stereocenters. The molecule has 13 heavy (non-hydrogen) atoms. The first-order valence-corrected chi connectivity index (χ1v) is 4.61. The predicted molar refractivity (Wildman–Crippen MR) is 52.1 cm³/mol. The van der Waals surface area contributed by atoms with Gasteiger partial charge in [-0.15, -0.1) is 0 Å². The molecule has 1 aromatic rings. The van der Waals surface area contributed by atoms with Crippen LogP contribution in [-0.4, -0.2) is 11.0 Å². The van der Waals surface area contributed by atoms with E-state index in [1.165, 1.54) is 12.1 Å². The molecule has 0 fully saturated rings. The molecule has 0 spiro atoms. The summed E-state index contributed by atoms with van der Waals surface area (Å²) < 4.78 is 5.25. The van der Waals surface area contributed by atoms with E-state index < -0.39 is 4.92 Å². The van der Waals surface area contributed by atoms with Crippen molar-refractivity contribution >= 4 is 33.2 Å². The molecule has 1 aromatic carbocycles. The van der Waals surface area contributed by atoms with E-state index in [-0.39, 0.29) is 11.8 Å². The quantitative estimate of drug-likeness (QED) is 0.480. The molecule has 70 valence electrons. The third kappa shape index (κ3) is 2.32. The Balaban J connectivity index is 3.10. The van der Waals surface area contributed by atoms with Gasteiger partial charge in [0.2, 0.25) is 0 Å². The van der Waals surface area contributed by atoms with Gasteiger partial charge in [0.15, 0.2) is 6.07 Å². The molecule has 1 rings (SSSR count). The van der Waals surface area contributed by atoms with Gasteiger partial charge in [0.05, 0.1) is 4.92 Å². The van der Waals surface area contributed by atoms with Crippen LogP contribution in [0.2, 0.25) is 0 Å². The molecule has 4 nitrogen and oxygen atoms in total. The highest BCUT2D eigenvalue weighted by Gasteiger charge is 2.15. The van der Waals surface area contributed by atoms with Crippen molar-refractivity contribution in [2.24, 2.45) is 0 Å². The summed E-state index contributed by atoms with van der Waals surface area (Å²) in [5, 5.41) is 10.5. The fourth-order valence-corrected chi connectivity index (χ4v) is 1.45. The number of nitro groups is 1. The van der Waals surface area contributed by atoms with Crippen molar-refractivity contribution in [2.75, 3.05) is 6.07 Å². The van der Waals surface area contributed by atoms with Crippen LogP contribution in [0.5, 0.6) is 5.75 Å². The third-order valence-corrected chi connectivity index (χ3v) is 2.26. The molecule has 0 aliphatic heterocycles. The molecule has 0 bridgehead atoms. The van der Waals surface area contributed by atoms with Gasteiger partial charge in [0.1, 0.15) is 10.2 Å². The predicted octanol–water partition coefficient (Wildman–Crippen LogP) is 2.93. The number of hydrogen-bond donors (Lipinski definition) is 0. The van der Waals surface area contributed by atoms with E-state index in [0.29, 0.717) is 10.2 Å². The Morgan fingerprint density at radius 3 is 2.85 bits per heavy atom. The van der Waals surface area contributed by atoms with Crippen molar-refractivity contribution < 1.29 is 9.66 Å². The van der Waals surface area contributed by atoms with Crippen molar-refractivity contribution in [2.45, 2.75) is 0 Å². The van der Waals surface area contributed by atoms with Crippen molar-refractivity contribution in [3.05, 3.63) is 32.8 Å². The lowest BCUT2D eigenvalue weighted by molar-refractivity contribution is -0.385. The molecule has 0 amide bonds. The Bertz CT molecular complexity index is 332. The standard InChI is InChI=1S/C7H5BrClNO3/c8-7-5(10(11)12)2-1-3-6(7)13-4-9/h1-3H,4H2. The van der Waals surface area contributed by atoms with Crippen LogP contribution in [0, 0.1) is 10.1 Å². The molecule has 0 saturated heterocycles. The minimum atomic E-state index is -0.495. The molecule has 0 heterocycles. The van der Waals surface area contributed by atoms with E-state index in [4.69, 9.17) is 16.3 Å². The maximum Gasteiger partial charge on any atom is 0.287 e. The normalized spacial score (nSPS) is 9.69. The second kappa shape index (κ2) is 4.43. The lowest BCUT2D eigenvalue weighted by Gasteiger charge is -2.03. The highest BCUT2D eigenvalue weighted by molar-refractivity contribution is 9.10. The van der Waals surface area contributed by atoms with Crippen LogP contribution in [0.15, 0.2) is 22.7 Å². The zero-order valence-electron chi connectivity index (χ0n) is 6.37. The minimum Gasteiger partial charge on any atom is -0.476 e. The summed E-state index contributed by atoms with van der Waals surface area (Å²) in [4.78, 5) is 9.97. The Labute approximate surface area is 87.7 Å². The molecule has 0 aliphatic carbocycles. The van der Waals surface area contributed by atoms with Gasteiger partial charge in [-0.25, -0.2) is 0 Å². The lowest BCUT2D eigenvalue weighted by Crippen LogP contribution is -1.94. The van der Waals surface area contributed by atoms with Gasteiger partial charge < -0.3 is 4.74 Å². The summed E-state index contributed by atoms with van der Waals surface area (Å²) in [6.07, 6.45) is 0. The molecule has 0 N–H and O–H groups in total. The number of benzene rings is 1. The lowest BCUT2D eigenvalue weighted by atomic mass is 10.3. The van der Waals surface area contributed by atoms with E-state index in [1.807, 2.05) is 0 Å². The first-order valence-electron chi connectivity index (χ1n) is 3.28. The first-order chi connectivity index (χ1) is 6.16. The van der Waals surface area contributed by atoms with Crippen molar-refractivity contribution in [1.29, 1.82) is 0 Å². The highest BCUT2D eigenvalue weighted by atomic mass is 79.9. The van der Waals surface area contributed by atoms with Crippen LogP contribution in [0.4, 0.5) is 5.69 Å². The van der Waals surface area contributed by atoms with Gasteiger partial charge in [0, 0.05) is 6.07 Å². The van der Waals surface area contributed by atoms with Crippen LogP contribution in [0.25, 0.3) is 0 Å². The summed E-state index contributed by atoms with van der Waals surface area (Å²) in [5.41, 5.74) is -0.0392.